The Kier molecular flexibility index (Phi) is 4.24. The number of phenols is 1. The van der Waals surface area contributed by atoms with E-state index in [1.807, 2.05) is 30.3 Å². The molecule has 0 bridgehead atoms. The molecule has 24 heavy (non-hydrogen) atoms. The van der Waals surface area contributed by atoms with Gasteiger partial charge in [0.2, 0.25) is 5.75 Å². The third-order valence-electron chi connectivity index (χ3n) is 3.71. The molecule has 0 aliphatic heterocycles. The largest absolute Gasteiger partial charge is 0.504 e. The smallest absolute Gasteiger partial charge is 0.205 e. The minimum atomic E-state index is -0.181. The van der Waals surface area contributed by atoms with Crippen molar-refractivity contribution in [1.82, 2.24) is 0 Å². The third kappa shape index (κ3) is 2.60. The molecule has 0 saturated heterocycles. The number of hydrogen-bond acceptors (Lipinski definition) is 5. The Balaban J connectivity index is 2.12. The molecule has 0 spiro atoms. The van der Waals surface area contributed by atoms with Crippen LogP contribution in [0.3, 0.4) is 0 Å². The standard InChI is InChI=1S/C19H17NO4/c1-22-17-13-10-11-24-18(13)19(23-2)16(21)15(17)14(20)9-8-12-6-4-3-5-7-12/h3-11,20-21H,1-2H3. The van der Waals surface area contributed by atoms with Crippen LogP contribution in [0, 0.1) is 5.41 Å². The van der Waals surface area contributed by atoms with Crippen LogP contribution in [0.1, 0.15) is 11.1 Å². The van der Waals surface area contributed by atoms with Gasteiger partial charge in [0.1, 0.15) is 5.75 Å². The van der Waals surface area contributed by atoms with Gasteiger partial charge in [-0.25, -0.2) is 0 Å². The minimum absolute atomic E-state index is 0.106. The first kappa shape index (κ1) is 15.7. The van der Waals surface area contributed by atoms with Crippen molar-refractivity contribution in [2.45, 2.75) is 0 Å². The lowest BCUT2D eigenvalue weighted by molar-refractivity contribution is 0.364. The Morgan fingerprint density at radius 1 is 1.08 bits per heavy atom. The Labute approximate surface area is 139 Å². The fourth-order valence-electron chi connectivity index (χ4n) is 2.61. The normalized spacial score (nSPS) is 11.1. The number of furan rings is 1. The van der Waals surface area contributed by atoms with E-state index >= 15 is 0 Å². The summed E-state index contributed by atoms with van der Waals surface area (Å²) < 4.78 is 16.0. The van der Waals surface area contributed by atoms with Gasteiger partial charge >= 0.3 is 0 Å². The first-order chi connectivity index (χ1) is 11.7. The lowest BCUT2D eigenvalue weighted by Crippen LogP contribution is -2.02. The lowest BCUT2D eigenvalue weighted by atomic mass is 10.0. The van der Waals surface area contributed by atoms with E-state index in [2.05, 4.69) is 0 Å². The number of rotatable bonds is 5. The van der Waals surface area contributed by atoms with Crippen LogP contribution in [0.5, 0.6) is 17.2 Å². The topological polar surface area (TPSA) is 75.7 Å². The minimum Gasteiger partial charge on any atom is -0.504 e. The average Bonchev–Trinajstić information content (AvgIpc) is 3.08. The molecule has 0 saturated carbocycles. The van der Waals surface area contributed by atoms with Crippen LogP contribution >= 0.6 is 0 Å². The molecule has 5 nitrogen and oxygen atoms in total. The molecule has 5 heteroatoms. The summed E-state index contributed by atoms with van der Waals surface area (Å²) in [6.45, 7) is 0. The Morgan fingerprint density at radius 3 is 2.46 bits per heavy atom. The molecule has 1 heterocycles. The zero-order valence-electron chi connectivity index (χ0n) is 13.4. The second-order valence-electron chi connectivity index (χ2n) is 5.11. The van der Waals surface area contributed by atoms with Gasteiger partial charge in [-0.3, -0.25) is 5.41 Å². The molecule has 0 aliphatic carbocycles. The number of fused-ring (bicyclic) bond motifs is 1. The third-order valence-corrected chi connectivity index (χ3v) is 3.71. The van der Waals surface area contributed by atoms with E-state index in [-0.39, 0.29) is 22.8 Å². The van der Waals surface area contributed by atoms with E-state index < -0.39 is 0 Å². The highest BCUT2D eigenvalue weighted by Crippen LogP contribution is 2.45. The summed E-state index contributed by atoms with van der Waals surface area (Å²) in [6, 6.07) is 11.3. The van der Waals surface area contributed by atoms with Crippen molar-refractivity contribution >= 4 is 22.8 Å². The number of allylic oxidation sites excluding steroid dienone is 1. The first-order valence-electron chi connectivity index (χ1n) is 7.33. The Hall–Kier alpha value is -3.21. The monoisotopic (exact) mass is 323 g/mol. The SMILES string of the molecule is COc1c(C(=N)C=Cc2ccccc2)c(O)c(OC)c2occc12. The fraction of sp³-hybridized carbons (Fsp3) is 0.105. The van der Waals surface area contributed by atoms with Crippen LogP contribution in [0.2, 0.25) is 0 Å². The van der Waals surface area contributed by atoms with Gasteiger partial charge in [0, 0.05) is 0 Å². The van der Waals surface area contributed by atoms with Crippen LogP contribution in [0.4, 0.5) is 0 Å². The van der Waals surface area contributed by atoms with Crippen LogP contribution in [0.25, 0.3) is 17.0 Å². The summed E-state index contributed by atoms with van der Waals surface area (Å²) in [5.41, 5.74) is 1.71. The van der Waals surface area contributed by atoms with Crippen molar-refractivity contribution in [2.75, 3.05) is 14.2 Å². The van der Waals surface area contributed by atoms with Crippen molar-refractivity contribution < 1.29 is 19.0 Å². The number of hydrogen-bond donors (Lipinski definition) is 2. The summed E-state index contributed by atoms with van der Waals surface area (Å²) in [5, 5.41) is 19.5. The predicted molar refractivity (Wildman–Crippen MR) is 93.3 cm³/mol. The summed E-state index contributed by atoms with van der Waals surface area (Å²) in [4.78, 5) is 0. The van der Waals surface area contributed by atoms with Crippen molar-refractivity contribution in [1.29, 1.82) is 5.41 Å². The molecule has 122 valence electrons. The molecule has 2 N–H and O–H groups in total. The molecule has 0 amide bonds. The van der Waals surface area contributed by atoms with Crippen molar-refractivity contribution in [3.8, 4) is 17.2 Å². The number of benzene rings is 2. The maximum absolute atomic E-state index is 10.5. The highest BCUT2D eigenvalue weighted by Gasteiger charge is 2.24. The zero-order chi connectivity index (χ0) is 17.1. The average molecular weight is 323 g/mol. The van der Waals surface area contributed by atoms with E-state index in [1.165, 1.54) is 20.5 Å². The summed E-state index contributed by atoms with van der Waals surface area (Å²) in [7, 11) is 2.93. The van der Waals surface area contributed by atoms with Crippen LogP contribution in [-0.4, -0.2) is 25.0 Å². The van der Waals surface area contributed by atoms with Crippen LogP contribution < -0.4 is 9.47 Å². The van der Waals surface area contributed by atoms with Crippen LogP contribution in [0.15, 0.2) is 53.2 Å². The van der Waals surface area contributed by atoms with Gasteiger partial charge in [-0.05, 0) is 17.7 Å². The van der Waals surface area contributed by atoms with Crippen molar-refractivity contribution in [3.05, 3.63) is 59.9 Å². The molecule has 0 radical (unpaired) electrons. The van der Waals surface area contributed by atoms with Gasteiger partial charge in [-0.2, -0.15) is 0 Å². The van der Waals surface area contributed by atoms with Crippen molar-refractivity contribution in [3.63, 3.8) is 0 Å². The second kappa shape index (κ2) is 6.50. The van der Waals surface area contributed by atoms with Crippen molar-refractivity contribution in [2.24, 2.45) is 0 Å². The molecule has 2 aromatic carbocycles. The molecule has 0 atom stereocenters. The van der Waals surface area contributed by atoms with Gasteiger partial charge in [0.05, 0.1) is 37.1 Å². The van der Waals surface area contributed by atoms with Gasteiger partial charge in [0.15, 0.2) is 11.3 Å². The van der Waals surface area contributed by atoms with Crippen LogP contribution in [-0.2, 0) is 0 Å². The van der Waals surface area contributed by atoms with E-state index in [0.717, 1.165) is 5.56 Å². The summed E-state index contributed by atoms with van der Waals surface area (Å²) in [5.74, 6) is 0.378. The quantitative estimate of drug-likeness (QED) is 0.689. The summed E-state index contributed by atoms with van der Waals surface area (Å²) in [6.07, 6.45) is 4.90. The highest BCUT2D eigenvalue weighted by atomic mass is 16.5. The molecular weight excluding hydrogens is 306 g/mol. The van der Waals surface area contributed by atoms with Gasteiger partial charge in [-0.15, -0.1) is 0 Å². The first-order valence-corrected chi connectivity index (χ1v) is 7.33. The van der Waals surface area contributed by atoms with Gasteiger partial charge in [0.25, 0.3) is 0 Å². The van der Waals surface area contributed by atoms with E-state index in [9.17, 15) is 5.11 Å². The maximum Gasteiger partial charge on any atom is 0.205 e. The van der Waals surface area contributed by atoms with Gasteiger partial charge in [-0.1, -0.05) is 36.4 Å². The second-order valence-corrected chi connectivity index (χ2v) is 5.11. The molecule has 0 aliphatic rings. The molecule has 0 fully saturated rings. The maximum atomic E-state index is 10.5. The molecular formula is C19H17NO4. The highest BCUT2D eigenvalue weighted by molar-refractivity contribution is 6.16. The predicted octanol–water partition coefficient (Wildman–Crippen LogP) is 4.24. The van der Waals surface area contributed by atoms with E-state index in [0.29, 0.717) is 16.7 Å². The molecule has 0 unspecified atom stereocenters. The van der Waals surface area contributed by atoms with E-state index in [1.54, 1.807) is 18.2 Å². The molecule has 3 rings (SSSR count). The molecule has 1 aromatic heterocycles. The number of methoxy groups -OCH3 is 2. The Bertz CT molecular complexity index is 910. The molecule has 3 aromatic rings. The fourth-order valence-corrected chi connectivity index (χ4v) is 2.61. The number of ether oxygens (including phenoxy) is 2. The summed E-state index contributed by atoms with van der Waals surface area (Å²) >= 11 is 0. The lowest BCUT2D eigenvalue weighted by Gasteiger charge is -2.14. The van der Waals surface area contributed by atoms with E-state index in [4.69, 9.17) is 19.3 Å². The van der Waals surface area contributed by atoms with Gasteiger partial charge < -0.3 is 19.0 Å². The zero-order valence-corrected chi connectivity index (χ0v) is 13.4. The number of aromatic hydroxyl groups is 1. The number of nitrogens with one attached hydrogen (secondary N) is 1. The number of phenolic OH excluding ortho intramolecular Hbond substituents is 1. The Morgan fingerprint density at radius 2 is 1.79 bits per heavy atom.